The molecule has 4 rings (SSSR count). The summed E-state index contributed by atoms with van der Waals surface area (Å²) in [4.78, 5) is 28.4. The Hall–Kier alpha value is -3.51. The van der Waals surface area contributed by atoms with Crippen molar-refractivity contribution in [2.24, 2.45) is 0 Å². The number of esters is 1. The lowest BCUT2D eigenvalue weighted by molar-refractivity contribution is -0.155. The van der Waals surface area contributed by atoms with E-state index >= 15 is 0 Å². The van der Waals surface area contributed by atoms with Gasteiger partial charge in [0.2, 0.25) is 0 Å². The van der Waals surface area contributed by atoms with Crippen molar-refractivity contribution in [3.05, 3.63) is 81.8 Å². The lowest BCUT2D eigenvalue weighted by atomic mass is 9.82. The second-order valence-corrected chi connectivity index (χ2v) is 12.8. The predicted molar refractivity (Wildman–Crippen MR) is 162 cm³/mol. The molecule has 3 unspecified atom stereocenters. The van der Waals surface area contributed by atoms with Gasteiger partial charge in [-0.1, -0.05) is 41.4 Å². The maximum absolute atomic E-state index is 14.7. The number of carbonyl (C=O) groups is 2. The summed E-state index contributed by atoms with van der Waals surface area (Å²) >= 11 is 13.0. The Morgan fingerprint density at radius 3 is 2.16 bits per heavy atom. The lowest BCUT2D eigenvalue weighted by Gasteiger charge is -2.40. The van der Waals surface area contributed by atoms with Gasteiger partial charge in [-0.2, -0.15) is 0 Å². The van der Waals surface area contributed by atoms with Crippen molar-refractivity contribution in [1.29, 1.82) is 0 Å². The summed E-state index contributed by atoms with van der Waals surface area (Å²) < 4.78 is 45.6. The van der Waals surface area contributed by atoms with Crippen LogP contribution in [-0.4, -0.2) is 69.8 Å². The number of nitrogens with zero attached hydrogens (tertiary/aromatic N) is 2. The highest BCUT2D eigenvalue weighted by molar-refractivity contribution is 7.93. The Kier molecular flexibility index (Phi) is 9.22. The smallest absolute Gasteiger partial charge is 0.328 e. The van der Waals surface area contributed by atoms with E-state index in [2.05, 4.69) is 0 Å². The van der Waals surface area contributed by atoms with Gasteiger partial charge in [0.05, 0.1) is 31.9 Å². The summed E-state index contributed by atoms with van der Waals surface area (Å²) in [7, 11) is -0.677. The molecule has 0 fully saturated rings. The van der Waals surface area contributed by atoms with Crippen molar-refractivity contribution in [2.75, 3.05) is 25.6 Å². The molecule has 1 aliphatic heterocycles. The number of benzene rings is 3. The minimum Gasteiger partial charge on any atom is -0.493 e. The van der Waals surface area contributed by atoms with Gasteiger partial charge in [0.15, 0.2) is 17.5 Å². The first-order valence-corrected chi connectivity index (χ1v) is 15.4. The molecule has 0 bridgehead atoms. The van der Waals surface area contributed by atoms with Crippen molar-refractivity contribution < 1.29 is 37.3 Å². The monoisotopic (exact) mass is 650 g/mol. The van der Waals surface area contributed by atoms with Gasteiger partial charge in [0.1, 0.15) is 11.6 Å². The molecule has 10 nitrogen and oxygen atoms in total. The van der Waals surface area contributed by atoms with Gasteiger partial charge in [0, 0.05) is 33.3 Å². The molecular formula is C30H32Cl2N2O8S. The molecule has 13 heteroatoms. The van der Waals surface area contributed by atoms with Crippen molar-refractivity contribution >= 4 is 50.8 Å². The summed E-state index contributed by atoms with van der Waals surface area (Å²) in [6.45, 7) is 4.79. The maximum atomic E-state index is 14.7. The van der Waals surface area contributed by atoms with Gasteiger partial charge in [-0.3, -0.25) is 4.79 Å². The Bertz CT molecular complexity index is 1670. The number of amides is 1. The largest absolute Gasteiger partial charge is 0.493 e. The van der Waals surface area contributed by atoms with Gasteiger partial charge in [-0.15, -0.1) is 0 Å². The van der Waals surface area contributed by atoms with Crippen LogP contribution in [0.2, 0.25) is 10.0 Å². The number of hydrogen-bond acceptors (Lipinski definition) is 8. The third kappa shape index (κ3) is 5.39. The SMILES string of the molecule is COC(=O)C(C)N(C(=O)C1N(S(=O)(=O)c2ccc(OC)c(OC)c2)c2ccc(Cl)cc2C1(O)c1ccccc1Cl)C(C)C. The maximum Gasteiger partial charge on any atom is 0.328 e. The van der Waals surface area contributed by atoms with Crippen LogP contribution in [0.3, 0.4) is 0 Å². The topological polar surface area (TPSA) is 123 Å². The van der Waals surface area contributed by atoms with Gasteiger partial charge in [0.25, 0.3) is 15.9 Å². The molecule has 1 aliphatic rings. The Morgan fingerprint density at radius 1 is 0.930 bits per heavy atom. The minimum atomic E-state index is -4.63. The zero-order valence-electron chi connectivity index (χ0n) is 24.4. The van der Waals surface area contributed by atoms with Crippen LogP contribution in [0.1, 0.15) is 31.9 Å². The second kappa shape index (κ2) is 12.2. The fourth-order valence-corrected chi connectivity index (χ4v) is 7.59. The van der Waals surface area contributed by atoms with Gasteiger partial charge < -0.3 is 24.2 Å². The van der Waals surface area contributed by atoms with Crippen LogP contribution in [0, 0.1) is 0 Å². The first-order valence-electron chi connectivity index (χ1n) is 13.2. The van der Waals surface area contributed by atoms with E-state index in [1.54, 1.807) is 26.0 Å². The third-order valence-electron chi connectivity index (χ3n) is 7.44. The fraction of sp³-hybridized carbons (Fsp3) is 0.333. The second-order valence-electron chi connectivity index (χ2n) is 10.2. The molecule has 0 aliphatic carbocycles. The highest BCUT2D eigenvalue weighted by Gasteiger charge is 2.60. The molecule has 0 saturated heterocycles. The molecular weight excluding hydrogens is 619 g/mol. The van der Waals surface area contributed by atoms with Crippen LogP contribution in [0.5, 0.6) is 11.5 Å². The van der Waals surface area contributed by atoms with Crippen LogP contribution in [0.4, 0.5) is 5.69 Å². The molecule has 1 N–H and O–H groups in total. The number of ether oxygens (including phenoxy) is 3. The predicted octanol–water partition coefficient (Wildman–Crippen LogP) is 4.62. The van der Waals surface area contributed by atoms with E-state index in [4.69, 9.17) is 37.4 Å². The highest BCUT2D eigenvalue weighted by atomic mass is 35.5. The van der Waals surface area contributed by atoms with Crippen LogP contribution >= 0.6 is 23.2 Å². The lowest BCUT2D eigenvalue weighted by Crippen LogP contribution is -2.61. The third-order valence-corrected chi connectivity index (χ3v) is 9.78. The van der Waals surface area contributed by atoms with Crippen molar-refractivity contribution in [2.45, 2.75) is 49.4 Å². The first-order chi connectivity index (χ1) is 20.2. The molecule has 3 aromatic carbocycles. The summed E-state index contributed by atoms with van der Waals surface area (Å²) in [6, 6.07) is 10.9. The number of hydrogen-bond donors (Lipinski definition) is 1. The molecule has 3 aromatic rings. The van der Waals surface area contributed by atoms with Crippen LogP contribution in [0.15, 0.2) is 65.6 Å². The minimum absolute atomic E-state index is 0.00520. The number of sulfonamides is 1. The Morgan fingerprint density at radius 2 is 1.58 bits per heavy atom. The average molecular weight is 652 g/mol. The molecule has 1 heterocycles. The standard InChI is InChI=1S/C30H32Cl2N2O8S/c1-17(2)33(18(3)29(36)42-6)28(35)27-30(37,21-9-7-8-10-23(21)32)22-15-19(31)11-13-24(22)34(27)43(38,39)20-12-14-25(40-4)26(16-20)41-5/h7-18,27,37H,1-6H3. The average Bonchev–Trinajstić information content (AvgIpc) is 3.25. The highest BCUT2D eigenvalue weighted by Crippen LogP contribution is 2.53. The van der Waals surface area contributed by atoms with E-state index < -0.39 is 45.6 Å². The van der Waals surface area contributed by atoms with Gasteiger partial charge >= 0.3 is 5.97 Å². The number of halogens is 2. The Balaban J connectivity index is 2.09. The number of methoxy groups -OCH3 is 3. The summed E-state index contributed by atoms with van der Waals surface area (Å²) in [5.74, 6) is -1.18. The molecule has 0 spiro atoms. The molecule has 230 valence electrons. The zero-order valence-corrected chi connectivity index (χ0v) is 26.7. The number of carbonyl (C=O) groups excluding carboxylic acids is 2. The number of rotatable bonds is 9. The van der Waals surface area contributed by atoms with E-state index in [1.807, 2.05) is 0 Å². The number of anilines is 1. The molecule has 0 radical (unpaired) electrons. The molecule has 3 atom stereocenters. The van der Waals surface area contributed by atoms with Crippen LogP contribution in [-0.2, 0) is 30.0 Å². The summed E-state index contributed by atoms with van der Waals surface area (Å²) in [5, 5.41) is 13.0. The zero-order chi connectivity index (χ0) is 31.9. The van der Waals surface area contributed by atoms with Crippen molar-refractivity contribution in [3.8, 4) is 11.5 Å². The van der Waals surface area contributed by atoms with Crippen LogP contribution < -0.4 is 13.8 Å². The molecule has 43 heavy (non-hydrogen) atoms. The number of fused-ring (bicyclic) bond motifs is 1. The van der Waals surface area contributed by atoms with Gasteiger partial charge in [-0.05, 0) is 57.2 Å². The van der Waals surface area contributed by atoms with Gasteiger partial charge in [-0.25, -0.2) is 17.5 Å². The van der Waals surface area contributed by atoms with Crippen molar-refractivity contribution in [1.82, 2.24) is 4.90 Å². The van der Waals surface area contributed by atoms with E-state index in [1.165, 1.54) is 81.7 Å². The van der Waals surface area contributed by atoms with Crippen LogP contribution in [0.25, 0.3) is 0 Å². The van der Waals surface area contributed by atoms with E-state index in [0.29, 0.717) is 0 Å². The van der Waals surface area contributed by atoms with E-state index in [9.17, 15) is 23.1 Å². The molecule has 1 amide bonds. The Labute approximate surface area is 260 Å². The summed E-state index contributed by atoms with van der Waals surface area (Å²) in [6.07, 6.45) is 0. The quantitative estimate of drug-likeness (QED) is 0.333. The first kappa shape index (κ1) is 32.4. The fourth-order valence-electron chi connectivity index (χ4n) is 5.48. The number of aliphatic hydroxyl groups is 1. The summed E-state index contributed by atoms with van der Waals surface area (Å²) in [5.41, 5.74) is -2.25. The van der Waals surface area contributed by atoms with Crippen molar-refractivity contribution in [3.63, 3.8) is 0 Å². The molecule has 0 saturated carbocycles. The van der Waals surface area contributed by atoms with E-state index in [0.717, 1.165) is 4.31 Å². The molecule has 0 aromatic heterocycles. The van der Waals surface area contributed by atoms with E-state index in [-0.39, 0.29) is 43.3 Å². The normalized spacial score (nSPS) is 18.7.